The number of aryl methyl sites for hydroxylation is 1. The largest absolute Gasteiger partial charge is 0.207 e. The molecule has 0 aliphatic carbocycles. The van der Waals surface area contributed by atoms with E-state index in [9.17, 15) is 13.2 Å². The zero-order valence-electron chi connectivity index (χ0n) is 10.3. The van der Waals surface area contributed by atoms with E-state index < -0.39 is 11.6 Å². The number of halogens is 4. The predicted molar refractivity (Wildman–Crippen MR) is 72.9 cm³/mol. The van der Waals surface area contributed by atoms with Gasteiger partial charge in [0.15, 0.2) is 0 Å². The van der Waals surface area contributed by atoms with Crippen molar-refractivity contribution < 1.29 is 13.2 Å². The monoisotopic (exact) mass is 328 g/mol. The van der Waals surface area contributed by atoms with Gasteiger partial charge in [-0.05, 0) is 48.7 Å². The molecule has 1 atom stereocenters. The van der Waals surface area contributed by atoms with E-state index >= 15 is 0 Å². The minimum absolute atomic E-state index is 0.271. The smallest absolute Gasteiger partial charge is 0.128 e. The van der Waals surface area contributed by atoms with E-state index in [4.69, 9.17) is 0 Å². The lowest BCUT2D eigenvalue weighted by atomic mass is 10.0. The molecule has 0 saturated heterocycles. The number of alkyl halides is 1. The Morgan fingerprint density at radius 3 is 2.26 bits per heavy atom. The Kier molecular flexibility index (Phi) is 4.30. The lowest BCUT2D eigenvalue weighted by Gasteiger charge is -2.12. The van der Waals surface area contributed by atoms with Gasteiger partial charge >= 0.3 is 0 Å². The van der Waals surface area contributed by atoms with Crippen LogP contribution < -0.4 is 0 Å². The minimum Gasteiger partial charge on any atom is -0.207 e. The molecule has 100 valence electrons. The molecule has 0 amide bonds. The summed E-state index contributed by atoms with van der Waals surface area (Å²) in [5, 5.41) is 0. The molecule has 0 heterocycles. The Morgan fingerprint density at radius 2 is 1.63 bits per heavy atom. The van der Waals surface area contributed by atoms with Gasteiger partial charge in [-0.2, -0.15) is 0 Å². The fraction of sp³-hybridized carbons (Fsp3) is 0.200. The molecule has 0 spiro atoms. The van der Waals surface area contributed by atoms with Crippen LogP contribution in [0.25, 0.3) is 0 Å². The van der Waals surface area contributed by atoms with E-state index in [-0.39, 0.29) is 21.8 Å². The van der Waals surface area contributed by atoms with Crippen molar-refractivity contribution in [2.24, 2.45) is 0 Å². The summed E-state index contributed by atoms with van der Waals surface area (Å²) < 4.78 is 40.1. The van der Waals surface area contributed by atoms with E-state index in [1.807, 2.05) is 0 Å². The summed E-state index contributed by atoms with van der Waals surface area (Å²) in [4.78, 5) is -0.354. The number of rotatable bonds is 3. The maximum absolute atomic E-state index is 13.8. The second kappa shape index (κ2) is 5.78. The summed E-state index contributed by atoms with van der Waals surface area (Å²) >= 11 is 3.35. The van der Waals surface area contributed by atoms with Crippen LogP contribution in [0, 0.1) is 24.4 Å². The SMILES string of the molecule is Cc1cc(F)c(C(Br)Cc2ccc(F)cc2)cc1F. The van der Waals surface area contributed by atoms with E-state index in [0.29, 0.717) is 6.42 Å². The van der Waals surface area contributed by atoms with Crippen LogP contribution in [0.3, 0.4) is 0 Å². The van der Waals surface area contributed by atoms with Gasteiger partial charge in [0.2, 0.25) is 0 Å². The third-order valence-corrected chi connectivity index (χ3v) is 3.76. The zero-order chi connectivity index (χ0) is 14.0. The first-order valence-corrected chi connectivity index (χ1v) is 6.73. The summed E-state index contributed by atoms with van der Waals surface area (Å²) in [6.45, 7) is 1.52. The average Bonchev–Trinajstić information content (AvgIpc) is 2.36. The summed E-state index contributed by atoms with van der Waals surface area (Å²) in [5.74, 6) is -1.19. The van der Waals surface area contributed by atoms with Crippen LogP contribution in [0.4, 0.5) is 13.2 Å². The van der Waals surface area contributed by atoms with Gasteiger partial charge in [-0.15, -0.1) is 0 Å². The molecule has 0 aliphatic heterocycles. The molecule has 0 nitrogen and oxygen atoms in total. The Labute approximate surface area is 118 Å². The van der Waals surface area contributed by atoms with Crippen molar-refractivity contribution >= 4 is 15.9 Å². The molecule has 0 aliphatic rings. The molecule has 0 N–H and O–H groups in total. The Hall–Kier alpha value is -1.29. The predicted octanol–water partition coefficient (Wildman–Crippen LogP) is 5.09. The Bertz CT molecular complexity index is 579. The van der Waals surface area contributed by atoms with E-state index in [0.717, 1.165) is 5.56 Å². The maximum Gasteiger partial charge on any atom is 0.128 e. The summed E-state index contributed by atoms with van der Waals surface area (Å²) in [7, 11) is 0. The van der Waals surface area contributed by atoms with E-state index in [1.54, 1.807) is 12.1 Å². The molecule has 2 aromatic rings. The van der Waals surface area contributed by atoms with Gasteiger partial charge in [0.25, 0.3) is 0 Å². The first kappa shape index (κ1) is 14.1. The summed E-state index contributed by atoms with van der Waals surface area (Å²) in [5.41, 5.74) is 1.40. The number of hydrogen-bond donors (Lipinski definition) is 0. The number of benzene rings is 2. The summed E-state index contributed by atoms with van der Waals surface area (Å²) in [6, 6.07) is 8.34. The highest BCUT2D eigenvalue weighted by Gasteiger charge is 2.15. The molecule has 0 aromatic heterocycles. The fourth-order valence-electron chi connectivity index (χ4n) is 1.84. The van der Waals surface area contributed by atoms with Gasteiger partial charge in [0.05, 0.1) is 0 Å². The van der Waals surface area contributed by atoms with Gasteiger partial charge < -0.3 is 0 Å². The molecule has 2 rings (SSSR count). The van der Waals surface area contributed by atoms with Gasteiger partial charge in [0, 0.05) is 10.4 Å². The van der Waals surface area contributed by atoms with E-state index in [1.165, 1.54) is 31.2 Å². The molecule has 4 heteroatoms. The lowest BCUT2D eigenvalue weighted by molar-refractivity contribution is 0.577. The lowest BCUT2D eigenvalue weighted by Crippen LogP contribution is -2.01. The highest BCUT2D eigenvalue weighted by atomic mass is 79.9. The van der Waals surface area contributed by atoms with Crippen molar-refractivity contribution in [2.75, 3.05) is 0 Å². The minimum atomic E-state index is -0.442. The van der Waals surface area contributed by atoms with Gasteiger partial charge in [-0.3, -0.25) is 0 Å². The van der Waals surface area contributed by atoms with Crippen LogP contribution in [0.1, 0.15) is 21.5 Å². The van der Waals surface area contributed by atoms with Gasteiger partial charge in [0.1, 0.15) is 17.5 Å². The first-order valence-electron chi connectivity index (χ1n) is 5.81. The van der Waals surface area contributed by atoms with Crippen LogP contribution in [-0.4, -0.2) is 0 Å². The van der Waals surface area contributed by atoms with Crippen molar-refractivity contribution in [1.29, 1.82) is 0 Å². The van der Waals surface area contributed by atoms with Crippen LogP contribution in [0.5, 0.6) is 0 Å². The second-order valence-corrected chi connectivity index (χ2v) is 5.53. The van der Waals surface area contributed by atoms with Crippen molar-refractivity contribution in [3.05, 3.63) is 70.5 Å². The van der Waals surface area contributed by atoms with Crippen molar-refractivity contribution in [3.8, 4) is 0 Å². The Balaban J connectivity index is 2.22. The van der Waals surface area contributed by atoms with Crippen molar-refractivity contribution in [1.82, 2.24) is 0 Å². The fourth-order valence-corrected chi connectivity index (χ4v) is 2.56. The maximum atomic E-state index is 13.8. The average molecular weight is 329 g/mol. The summed E-state index contributed by atoms with van der Waals surface area (Å²) in [6.07, 6.45) is 0.458. The van der Waals surface area contributed by atoms with Crippen molar-refractivity contribution in [2.45, 2.75) is 18.2 Å². The molecule has 1 unspecified atom stereocenters. The molecule has 0 radical (unpaired) electrons. The standard InChI is InChI=1S/C15H12BrF3/c1-9-6-15(19)12(8-14(9)18)13(16)7-10-2-4-11(17)5-3-10/h2-6,8,13H,7H2,1H3. The van der Waals surface area contributed by atoms with Crippen molar-refractivity contribution in [3.63, 3.8) is 0 Å². The molecule has 0 bridgehead atoms. The zero-order valence-corrected chi connectivity index (χ0v) is 11.8. The number of hydrogen-bond acceptors (Lipinski definition) is 0. The van der Waals surface area contributed by atoms with Gasteiger partial charge in [-0.1, -0.05) is 28.1 Å². The molecule has 19 heavy (non-hydrogen) atoms. The van der Waals surface area contributed by atoms with Crippen LogP contribution in [-0.2, 0) is 6.42 Å². The van der Waals surface area contributed by atoms with Crippen LogP contribution >= 0.6 is 15.9 Å². The Morgan fingerprint density at radius 1 is 1.00 bits per heavy atom. The topological polar surface area (TPSA) is 0 Å². The molecular formula is C15H12BrF3. The second-order valence-electron chi connectivity index (χ2n) is 4.42. The third kappa shape index (κ3) is 3.38. The van der Waals surface area contributed by atoms with Crippen LogP contribution in [0.15, 0.2) is 36.4 Å². The molecule has 0 saturated carbocycles. The highest BCUT2D eigenvalue weighted by molar-refractivity contribution is 9.09. The van der Waals surface area contributed by atoms with Crippen LogP contribution in [0.2, 0.25) is 0 Å². The normalized spacial score (nSPS) is 12.5. The third-order valence-electron chi connectivity index (χ3n) is 2.94. The van der Waals surface area contributed by atoms with E-state index in [2.05, 4.69) is 15.9 Å². The highest BCUT2D eigenvalue weighted by Crippen LogP contribution is 2.30. The molecular weight excluding hydrogens is 317 g/mol. The quantitative estimate of drug-likeness (QED) is 0.688. The van der Waals surface area contributed by atoms with Gasteiger partial charge in [-0.25, -0.2) is 13.2 Å². The first-order chi connectivity index (χ1) is 8.97. The molecule has 0 fully saturated rings. The molecule has 2 aromatic carbocycles.